The molecule has 0 atom stereocenters. The maximum absolute atomic E-state index is 5.65. The number of ether oxygens (including phenoxy) is 1. The summed E-state index contributed by atoms with van der Waals surface area (Å²) in [6.07, 6.45) is 7.09. The first-order valence-electron chi connectivity index (χ1n) is 6.33. The second-order valence-electron chi connectivity index (χ2n) is 4.58. The van der Waals surface area contributed by atoms with Gasteiger partial charge in [-0.15, -0.1) is 0 Å². The number of nitrogens with one attached hydrogen (secondary N) is 1. The second-order valence-corrected chi connectivity index (χ2v) is 5.02. The van der Waals surface area contributed by atoms with Crippen LogP contribution in [0.25, 0.3) is 0 Å². The topological polar surface area (TPSA) is 60.2 Å². The van der Waals surface area contributed by atoms with Crippen molar-refractivity contribution in [1.29, 1.82) is 0 Å². The average Bonchev–Trinajstić information content (AvgIpc) is 3.18. The Labute approximate surface area is 113 Å². The molecule has 18 heavy (non-hydrogen) atoms. The van der Waals surface area contributed by atoms with Gasteiger partial charge in [0.2, 0.25) is 0 Å². The third kappa shape index (κ3) is 4.23. The number of aromatic nitrogens is 1. The van der Waals surface area contributed by atoms with E-state index >= 15 is 0 Å². The smallest absolute Gasteiger partial charge is 0.106 e. The Morgan fingerprint density at radius 3 is 3.11 bits per heavy atom. The maximum atomic E-state index is 5.65. The molecular formula is C13H19N3OS. The summed E-state index contributed by atoms with van der Waals surface area (Å²) in [7, 11) is 0. The van der Waals surface area contributed by atoms with Crippen molar-refractivity contribution in [3.05, 3.63) is 24.0 Å². The molecule has 0 radical (unpaired) electrons. The molecule has 1 fully saturated rings. The van der Waals surface area contributed by atoms with Crippen LogP contribution in [0.2, 0.25) is 0 Å². The molecular weight excluding hydrogens is 246 g/mol. The van der Waals surface area contributed by atoms with Gasteiger partial charge in [-0.25, -0.2) is 0 Å². The highest BCUT2D eigenvalue weighted by Crippen LogP contribution is 2.28. The summed E-state index contributed by atoms with van der Waals surface area (Å²) >= 11 is 4.99. The van der Waals surface area contributed by atoms with Crippen LogP contribution in [-0.4, -0.2) is 29.7 Å². The van der Waals surface area contributed by atoms with Crippen LogP contribution in [0.15, 0.2) is 18.5 Å². The third-order valence-electron chi connectivity index (χ3n) is 2.92. The number of nitrogens with two attached hydrogens (primary N) is 1. The molecule has 0 bridgehead atoms. The van der Waals surface area contributed by atoms with E-state index in [2.05, 4.69) is 10.3 Å². The zero-order chi connectivity index (χ0) is 12.8. The van der Waals surface area contributed by atoms with Crippen LogP contribution in [-0.2, 0) is 4.74 Å². The van der Waals surface area contributed by atoms with Gasteiger partial charge in [0.15, 0.2) is 0 Å². The first kappa shape index (κ1) is 13.2. The second kappa shape index (κ2) is 6.66. The van der Waals surface area contributed by atoms with E-state index in [1.807, 2.05) is 6.07 Å². The minimum absolute atomic E-state index is 0.393. The number of anilines is 1. The highest BCUT2D eigenvalue weighted by molar-refractivity contribution is 7.80. The van der Waals surface area contributed by atoms with Gasteiger partial charge in [-0.2, -0.15) is 0 Å². The van der Waals surface area contributed by atoms with Crippen LogP contribution in [0.1, 0.15) is 24.8 Å². The molecule has 1 aromatic heterocycles. The van der Waals surface area contributed by atoms with Crippen LogP contribution in [0.5, 0.6) is 0 Å². The van der Waals surface area contributed by atoms with E-state index in [9.17, 15) is 0 Å². The van der Waals surface area contributed by atoms with E-state index in [0.717, 1.165) is 43.3 Å². The van der Waals surface area contributed by atoms with Crippen LogP contribution in [0.4, 0.5) is 5.69 Å². The van der Waals surface area contributed by atoms with Crippen molar-refractivity contribution in [2.75, 3.05) is 25.1 Å². The van der Waals surface area contributed by atoms with Crippen LogP contribution < -0.4 is 11.1 Å². The van der Waals surface area contributed by atoms with E-state index < -0.39 is 0 Å². The molecule has 4 nitrogen and oxygen atoms in total. The Morgan fingerprint density at radius 1 is 1.56 bits per heavy atom. The normalized spacial score (nSPS) is 14.4. The summed E-state index contributed by atoms with van der Waals surface area (Å²) in [5.41, 5.74) is 7.39. The molecule has 1 saturated carbocycles. The van der Waals surface area contributed by atoms with Crippen molar-refractivity contribution in [3.8, 4) is 0 Å². The summed E-state index contributed by atoms with van der Waals surface area (Å²) in [5.74, 6) is 0.831. The van der Waals surface area contributed by atoms with Gasteiger partial charge in [0.25, 0.3) is 0 Å². The van der Waals surface area contributed by atoms with Crippen molar-refractivity contribution >= 4 is 22.9 Å². The van der Waals surface area contributed by atoms with Gasteiger partial charge in [-0.3, -0.25) is 4.98 Å². The molecule has 0 spiro atoms. The summed E-state index contributed by atoms with van der Waals surface area (Å²) in [6, 6.07) is 1.83. The molecule has 0 aromatic carbocycles. The summed E-state index contributed by atoms with van der Waals surface area (Å²) in [6.45, 7) is 2.56. The summed E-state index contributed by atoms with van der Waals surface area (Å²) < 4.78 is 5.57. The van der Waals surface area contributed by atoms with Gasteiger partial charge < -0.3 is 15.8 Å². The number of pyridine rings is 1. The van der Waals surface area contributed by atoms with Gasteiger partial charge in [0.1, 0.15) is 4.99 Å². The molecule has 0 unspecified atom stereocenters. The van der Waals surface area contributed by atoms with E-state index in [0.29, 0.717) is 4.99 Å². The predicted molar refractivity (Wildman–Crippen MR) is 76.8 cm³/mol. The quantitative estimate of drug-likeness (QED) is 0.555. The van der Waals surface area contributed by atoms with Gasteiger partial charge in [0, 0.05) is 31.5 Å². The fourth-order valence-corrected chi connectivity index (χ4v) is 1.86. The zero-order valence-corrected chi connectivity index (χ0v) is 11.2. The van der Waals surface area contributed by atoms with Crippen LogP contribution in [0, 0.1) is 5.92 Å². The molecule has 1 heterocycles. The van der Waals surface area contributed by atoms with Crippen LogP contribution in [0.3, 0.4) is 0 Å². The highest BCUT2D eigenvalue weighted by Gasteiger charge is 2.20. The first-order chi connectivity index (χ1) is 8.77. The standard InChI is InChI=1S/C13H19N3OS/c14-13(18)11-4-6-15-8-12(11)16-5-1-7-17-9-10-2-3-10/h4,6,8,10,16H,1-3,5,7,9H2,(H2,14,18). The highest BCUT2D eigenvalue weighted by atomic mass is 32.1. The first-order valence-corrected chi connectivity index (χ1v) is 6.73. The predicted octanol–water partition coefficient (Wildman–Crippen LogP) is 1.94. The average molecular weight is 265 g/mol. The Hall–Kier alpha value is -1.20. The lowest BCUT2D eigenvalue weighted by Gasteiger charge is -2.10. The maximum Gasteiger partial charge on any atom is 0.106 e. The molecule has 1 aliphatic rings. The van der Waals surface area contributed by atoms with Crippen molar-refractivity contribution < 1.29 is 4.74 Å². The molecule has 3 N–H and O–H groups in total. The lowest BCUT2D eigenvalue weighted by molar-refractivity contribution is 0.124. The number of nitrogens with zero attached hydrogens (tertiary/aromatic N) is 1. The number of thiocarbonyl (C=S) groups is 1. The Bertz CT molecular complexity index is 407. The van der Waals surface area contributed by atoms with E-state index in [1.165, 1.54) is 12.8 Å². The van der Waals surface area contributed by atoms with Gasteiger partial charge in [-0.1, -0.05) is 12.2 Å². The largest absolute Gasteiger partial charge is 0.389 e. The monoisotopic (exact) mass is 265 g/mol. The molecule has 98 valence electrons. The summed E-state index contributed by atoms with van der Waals surface area (Å²) in [5, 5.41) is 3.29. The molecule has 0 aliphatic heterocycles. The van der Waals surface area contributed by atoms with Gasteiger partial charge in [0.05, 0.1) is 11.9 Å². The van der Waals surface area contributed by atoms with E-state index in [-0.39, 0.29) is 0 Å². The number of hydrogen-bond donors (Lipinski definition) is 2. The Balaban J connectivity index is 1.67. The lowest BCUT2D eigenvalue weighted by atomic mass is 10.2. The van der Waals surface area contributed by atoms with Crippen LogP contribution >= 0.6 is 12.2 Å². The number of hydrogen-bond acceptors (Lipinski definition) is 4. The third-order valence-corrected chi connectivity index (χ3v) is 3.14. The molecule has 0 amide bonds. The van der Waals surface area contributed by atoms with E-state index in [1.54, 1.807) is 12.4 Å². The lowest BCUT2D eigenvalue weighted by Crippen LogP contribution is -2.14. The fourth-order valence-electron chi connectivity index (χ4n) is 1.68. The minimum Gasteiger partial charge on any atom is -0.389 e. The van der Waals surface area contributed by atoms with Crippen molar-refractivity contribution in [1.82, 2.24) is 4.98 Å². The Kier molecular flexibility index (Phi) is 4.90. The van der Waals surface area contributed by atoms with Crippen molar-refractivity contribution in [3.63, 3.8) is 0 Å². The summed E-state index contributed by atoms with van der Waals surface area (Å²) in [4.78, 5) is 4.46. The molecule has 0 saturated heterocycles. The zero-order valence-electron chi connectivity index (χ0n) is 10.4. The van der Waals surface area contributed by atoms with Gasteiger partial charge in [-0.05, 0) is 31.2 Å². The molecule has 1 aliphatic carbocycles. The Morgan fingerprint density at radius 2 is 2.39 bits per heavy atom. The van der Waals surface area contributed by atoms with Crippen molar-refractivity contribution in [2.24, 2.45) is 11.7 Å². The van der Waals surface area contributed by atoms with Gasteiger partial charge >= 0.3 is 0 Å². The molecule has 1 aromatic rings. The SMILES string of the molecule is NC(=S)c1ccncc1NCCCOCC1CC1. The molecule has 2 rings (SSSR count). The number of rotatable bonds is 8. The minimum atomic E-state index is 0.393. The van der Waals surface area contributed by atoms with Crippen molar-refractivity contribution in [2.45, 2.75) is 19.3 Å². The molecule has 5 heteroatoms. The van der Waals surface area contributed by atoms with E-state index in [4.69, 9.17) is 22.7 Å². The fraction of sp³-hybridized carbons (Fsp3) is 0.538.